The summed E-state index contributed by atoms with van der Waals surface area (Å²) in [6, 6.07) is 6.86. The first-order valence-corrected chi connectivity index (χ1v) is 10.9. The van der Waals surface area contributed by atoms with E-state index in [0.29, 0.717) is 27.4 Å². The summed E-state index contributed by atoms with van der Waals surface area (Å²) < 4.78 is 5.79. The summed E-state index contributed by atoms with van der Waals surface area (Å²) in [6.07, 6.45) is 1.41. The average Bonchev–Trinajstić information content (AvgIpc) is 2.71. The third-order valence-electron chi connectivity index (χ3n) is 4.16. The van der Waals surface area contributed by atoms with Crippen LogP contribution in [0.1, 0.15) is 36.7 Å². The quantitative estimate of drug-likeness (QED) is 0.338. The van der Waals surface area contributed by atoms with Crippen LogP contribution >= 0.6 is 39.1 Å². The third-order valence-corrected chi connectivity index (χ3v) is 5.50. The number of rotatable bonds is 8. The van der Waals surface area contributed by atoms with Crippen LogP contribution < -0.4 is 15.5 Å². The maximum Gasteiger partial charge on any atom is 0.262 e. The molecule has 7 nitrogen and oxygen atoms in total. The van der Waals surface area contributed by atoms with Crippen molar-refractivity contribution in [2.24, 2.45) is 11.0 Å². The second-order valence-electron chi connectivity index (χ2n) is 6.84. The first kappa shape index (κ1) is 25.0. The molecule has 10 heteroatoms. The van der Waals surface area contributed by atoms with Gasteiger partial charge in [0.1, 0.15) is 6.04 Å². The highest BCUT2D eigenvalue weighted by Gasteiger charge is 2.24. The highest BCUT2D eigenvalue weighted by Crippen LogP contribution is 2.35. The molecule has 0 heterocycles. The highest BCUT2D eigenvalue weighted by atomic mass is 79.9. The van der Waals surface area contributed by atoms with Crippen LogP contribution in [0.25, 0.3) is 0 Å². The average molecular weight is 531 g/mol. The molecule has 2 amide bonds. The number of phenols is 1. The minimum atomic E-state index is -0.829. The van der Waals surface area contributed by atoms with Gasteiger partial charge in [-0.05, 0) is 64.7 Å². The van der Waals surface area contributed by atoms with E-state index in [0.717, 1.165) is 0 Å². The van der Waals surface area contributed by atoms with E-state index < -0.39 is 17.9 Å². The monoisotopic (exact) mass is 529 g/mol. The number of benzene rings is 2. The number of carbonyl (C=O) groups is 2. The Hall–Kier alpha value is -2.29. The topological polar surface area (TPSA) is 100 Å². The fourth-order valence-electron chi connectivity index (χ4n) is 2.57. The standard InChI is InChI=1S/C21H22BrCl2N3O4/c1-4-31-17-8-12(7-14(22)19(17)28)10-25-27-21(30)18(11(2)3)26-20(29)13-5-6-15(23)16(24)9-13/h5-11,18,28H,4H2,1-3H3,(H,26,29)(H,27,30)/b25-10+. The van der Waals surface area contributed by atoms with Gasteiger partial charge < -0.3 is 15.2 Å². The first-order chi connectivity index (χ1) is 14.6. The Morgan fingerprint density at radius 3 is 2.55 bits per heavy atom. The van der Waals surface area contributed by atoms with Crippen molar-refractivity contribution in [3.05, 3.63) is 56.0 Å². The van der Waals surface area contributed by atoms with Gasteiger partial charge in [0.25, 0.3) is 11.8 Å². The molecule has 1 unspecified atom stereocenters. The van der Waals surface area contributed by atoms with Crippen molar-refractivity contribution >= 4 is 57.2 Å². The van der Waals surface area contributed by atoms with E-state index in [2.05, 4.69) is 31.8 Å². The molecule has 0 aliphatic rings. The van der Waals surface area contributed by atoms with Crippen molar-refractivity contribution < 1.29 is 19.4 Å². The molecular formula is C21H22BrCl2N3O4. The number of carbonyl (C=O) groups excluding carboxylic acids is 2. The zero-order chi connectivity index (χ0) is 23.1. The van der Waals surface area contributed by atoms with E-state index in [1.165, 1.54) is 24.4 Å². The maximum atomic E-state index is 12.6. The summed E-state index contributed by atoms with van der Waals surface area (Å²) in [7, 11) is 0. The minimum absolute atomic E-state index is 0.0204. The Labute approximate surface area is 198 Å². The van der Waals surface area contributed by atoms with Gasteiger partial charge in [0.15, 0.2) is 11.5 Å². The molecule has 2 rings (SSSR count). The molecule has 0 radical (unpaired) electrons. The van der Waals surface area contributed by atoms with E-state index in [9.17, 15) is 14.7 Å². The van der Waals surface area contributed by atoms with Crippen LogP contribution in [0.15, 0.2) is 39.9 Å². The van der Waals surface area contributed by atoms with Gasteiger partial charge in [0.2, 0.25) is 0 Å². The Kier molecular flexibility index (Phi) is 9.15. The fraction of sp³-hybridized carbons (Fsp3) is 0.286. The number of hydrogen-bond donors (Lipinski definition) is 3. The highest BCUT2D eigenvalue weighted by molar-refractivity contribution is 9.10. The second kappa shape index (κ2) is 11.4. The van der Waals surface area contributed by atoms with Crippen molar-refractivity contribution in [1.29, 1.82) is 0 Å². The van der Waals surface area contributed by atoms with E-state index in [1.54, 1.807) is 32.9 Å². The van der Waals surface area contributed by atoms with Crippen LogP contribution in [0, 0.1) is 5.92 Å². The zero-order valence-corrected chi connectivity index (χ0v) is 20.2. The second-order valence-corrected chi connectivity index (χ2v) is 8.51. The van der Waals surface area contributed by atoms with Crippen LogP contribution in [0.5, 0.6) is 11.5 Å². The van der Waals surface area contributed by atoms with Gasteiger partial charge in [-0.2, -0.15) is 5.10 Å². The predicted molar refractivity (Wildman–Crippen MR) is 125 cm³/mol. The normalized spacial score (nSPS) is 12.1. The Morgan fingerprint density at radius 2 is 1.94 bits per heavy atom. The molecule has 0 aliphatic heterocycles. The van der Waals surface area contributed by atoms with Crippen LogP contribution in [0.3, 0.4) is 0 Å². The molecule has 0 spiro atoms. The predicted octanol–water partition coefficient (Wildman–Crippen LogP) is 4.76. The summed E-state index contributed by atoms with van der Waals surface area (Å²) in [5.41, 5.74) is 3.30. The van der Waals surface area contributed by atoms with Crippen LogP contribution in [-0.2, 0) is 4.79 Å². The van der Waals surface area contributed by atoms with Crippen LogP contribution in [0.2, 0.25) is 10.0 Å². The molecule has 31 heavy (non-hydrogen) atoms. The molecule has 2 aromatic carbocycles. The Morgan fingerprint density at radius 1 is 1.23 bits per heavy atom. The molecular weight excluding hydrogens is 509 g/mol. The molecule has 0 fully saturated rings. The number of nitrogens with zero attached hydrogens (tertiary/aromatic N) is 1. The SMILES string of the molecule is CCOc1cc(/C=N/NC(=O)C(NC(=O)c2ccc(Cl)c(Cl)c2)C(C)C)cc(Br)c1O. The number of amides is 2. The third kappa shape index (κ3) is 6.85. The van der Waals surface area contributed by atoms with E-state index in [-0.39, 0.29) is 22.3 Å². The summed E-state index contributed by atoms with van der Waals surface area (Å²) in [4.78, 5) is 25.1. The largest absolute Gasteiger partial charge is 0.503 e. The number of phenolic OH excluding ortho intramolecular Hbond substituents is 1. The molecule has 0 aromatic heterocycles. The van der Waals surface area contributed by atoms with Crippen molar-refractivity contribution in [3.63, 3.8) is 0 Å². The molecule has 0 bridgehead atoms. The lowest BCUT2D eigenvalue weighted by molar-refractivity contribution is -0.123. The Bertz CT molecular complexity index is 999. The maximum absolute atomic E-state index is 12.6. The van der Waals surface area contributed by atoms with Crippen molar-refractivity contribution in [1.82, 2.24) is 10.7 Å². The summed E-state index contributed by atoms with van der Waals surface area (Å²) >= 11 is 15.1. The van der Waals surface area contributed by atoms with Gasteiger partial charge in [-0.15, -0.1) is 0 Å². The van der Waals surface area contributed by atoms with Crippen molar-refractivity contribution in [2.45, 2.75) is 26.8 Å². The van der Waals surface area contributed by atoms with Gasteiger partial charge in [-0.25, -0.2) is 5.43 Å². The number of nitrogens with one attached hydrogen (secondary N) is 2. The van der Waals surface area contributed by atoms with Gasteiger partial charge >= 0.3 is 0 Å². The van der Waals surface area contributed by atoms with E-state index in [4.69, 9.17) is 27.9 Å². The van der Waals surface area contributed by atoms with Crippen molar-refractivity contribution in [3.8, 4) is 11.5 Å². The van der Waals surface area contributed by atoms with Gasteiger partial charge in [-0.1, -0.05) is 37.0 Å². The summed E-state index contributed by atoms with van der Waals surface area (Å²) in [5, 5.41) is 17.2. The number of hydrazone groups is 1. The van der Waals surface area contributed by atoms with Gasteiger partial charge in [0, 0.05) is 5.56 Å². The zero-order valence-electron chi connectivity index (χ0n) is 17.1. The van der Waals surface area contributed by atoms with Crippen molar-refractivity contribution in [2.75, 3.05) is 6.61 Å². The number of ether oxygens (including phenoxy) is 1. The summed E-state index contributed by atoms with van der Waals surface area (Å²) in [5.74, 6) is -0.872. The summed E-state index contributed by atoms with van der Waals surface area (Å²) in [6.45, 7) is 5.78. The van der Waals surface area contributed by atoms with E-state index >= 15 is 0 Å². The number of aromatic hydroxyl groups is 1. The molecule has 0 saturated carbocycles. The minimum Gasteiger partial charge on any atom is -0.503 e. The van der Waals surface area contributed by atoms with E-state index in [1.807, 2.05) is 0 Å². The van der Waals surface area contributed by atoms with Crippen LogP contribution in [0.4, 0.5) is 0 Å². The van der Waals surface area contributed by atoms with Gasteiger partial charge in [0.05, 0.1) is 27.3 Å². The smallest absolute Gasteiger partial charge is 0.262 e. The molecule has 3 N–H and O–H groups in total. The molecule has 0 aliphatic carbocycles. The molecule has 1 atom stereocenters. The number of halogens is 3. The lowest BCUT2D eigenvalue weighted by Crippen LogP contribution is -2.48. The molecule has 2 aromatic rings. The number of hydrogen-bond acceptors (Lipinski definition) is 5. The fourth-order valence-corrected chi connectivity index (χ4v) is 3.33. The molecule has 0 saturated heterocycles. The molecule has 166 valence electrons. The Balaban J connectivity index is 2.09. The lowest BCUT2D eigenvalue weighted by atomic mass is 10.0. The van der Waals surface area contributed by atoms with Crippen LogP contribution in [-0.4, -0.2) is 35.8 Å². The first-order valence-electron chi connectivity index (χ1n) is 9.38. The van der Waals surface area contributed by atoms with Gasteiger partial charge in [-0.3, -0.25) is 9.59 Å². The lowest BCUT2D eigenvalue weighted by Gasteiger charge is -2.20.